The second-order valence-corrected chi connectivity index (χ2v) is 7.08. The molecule has 0 saturated carbocycles. The topological polar surface area (TPSA) is 136 Å². The van der Waals surface area contributed by atoms with Crippen LogP contribution in [-0.4, -0.2) is 88.0 Å². The molecule has 0 unspecified atom stereocenters. The number of methoxy groups -OCH3 is 3. The summed E-state index contributed by atoms with van der Waals surface area (Å²) in [5.74, 6) is -1.40. The molecule has 30 heavy (non-hydrogen) atoms. The molecule has 0 saturated heterocycles. The number of hydrogen-bond donors (Lipinski definition) is 1. The van der Waals surface area contributed by atoms with Crippen LogP contribution in [0.1, 0.15) is 19.3 Å². The molecule has 0 aliphatic carbocycles. The Hall–Kier alpha value is -2.32. The standard InChI is InChI=1S/C10H15NO5S.C7H9NO4S/c1-13-3-5-15-9(12)8-7-11-10(17-8)16-6-4-14-2;1-11-2-3-12-7-8-4-5(13-7)6(9)10/h7H,3-6H2,1-2H3;4H,2-3H2,1H3,(H,9,10). The van der Waals surface area contributed by atoms with Gasteiger partial charge in [0.25, 0.3) is 10.4 Å². The van der Waals surface area contributed by atoms with E-state index in [1.165, 1.54) is 12.4 Å². The van der Waals surface area contributed by atoms with Crippen LogP contribution in [0.15, 0.2) is 12.4 Å². The SMILES string of the molecule is COCCOC(=O)c1cnc(OCCOC)s1.COCCOc1ncc(C(=O)O)s1. The summed E-state index contributed by atoms with van der Waals surface area (Å²) in [7, 11) is 4.69. The van der Waals surface area contributed by atoms with Crippen molar-refractivity contribution < 1.29 is 43.1 Å². The van der Waals surface area contributed by atoms with E-state index >= 15 is 0 Å². The summed E-state index contributed by atoms with van der Waals surface area (Å²) >= 11 is 2.15. The molecule has 1 N–H and O–H groups in total. The number of carbonyl (C=O) groups is 2. The average Bonchev–Trinajstić information content (AvgIpc) is 3.39. The molecule has 2 rings (SSSR count). The molecular formula is C17H24N2O9S2. The zero-order valence-corrected chi connectivity index (χ0v) is 18.5. The van der Waals surface area contributed by atoms with Gasteiger partial charge in [-0.3, -0.25) is 0 Å². The Morgan fingerprint density at radius 1 is 0.800 bits per heavy atom. The van der Waals surface area contributed by atoms with Gasteiger partial charge < -0.3 is 33.5 Å². The molecule has 2 aromatic rings. The van der Waals surface area contributed by atoms with Crippen LogP contribution < -0.4 is 9.47 Å². The smallest absolute Gasteiger partial charge is 0.350 e. The van der Waals surface area contributed by atoms with E-state index in [2.05, 4.69) is 9.97 Å². The number of carboxylic acid groups (broad SMARTS) is 1. The Bertz CT molecular complexity index is 751. The first-order chi connectivity index (χ1) is 14.5. The first-order valence-corrected chi connectivity index (χ1v) is 10.2. The zero-order valence-electron chi connectivity index (χ0n) is 16.8. The van der Waals surface area contributed by atoms with Gasteiger partial charge in [0.15, 0.2) is 0 Å². The first kappa shape index (κ1) is 25.7. The van der Waals surface area contributed by atoms with Crippen molar-refractivity contribution in [1.82, 2.24) is 9.97 Å². The number of nitrogens with zero attached hydrogens (tertiary/aromatic N) is 2. The number of ether oxygens (including phenoxy) is 6. The number of aromatic carboxylic acids is 1. The predicted octanol–water partition coefficient (Wildman–Crippen LogP) is 1.84. The Balaban J connectivity index is 0.000000311. The highest BCUT2D eigenvalue weighted by Crippen LogP contribution is 2.21. The van der Waals surface area contributed by atoms with E-state index in [4.69, 9.17) is 33.5 Å². The van der Waals surface area contributed by atoms with Crippen LogP contribution in [0.3, 0.4) is 0 Å². The maximum Gasteiger partial charge on any atom is 0.350 e. The molecule has 2 heterocycles. The van der Waals surface area contributed by atoms with E-state index in [9.17, 15) is 9.59 Å². The van der Waals surface area contributed by atoms with Gasteiger partial charge in [-0.15, -0.1) is 0 Å². The predicted molar refractivity (Wildman–Crippen MR) is 108 cm³/mol. The van der Waals surface area contributed by atoms with Crippen molar-refractivity contribution in [3.63, 3.8) is 0 Å². The summed E-state index contributed by atoms with van der Waals surface area (Å²) in [6, 6.07) is 0. The number of thiazole rings is 2. The molecule has 0 aliphatic heterocycles. The second-order valence-electron chi connectivity index (χ2n) is 5.10. The lowest BCUT2D eigenvalue weighted by Crippen LogP contribution is -2.08. The second kappa shape index (κ2) is 15.5. The third kappa shape index (κ3) is 10.5. The molecule has 0 atom stereocenters. The molecule has 13 heteroatoms. The number of carbonyl (C=O) groups excluding carboxylic acids is 1. The monoisotopic (exact) mass is 464 g/mol. The van der Waals surface area contributed by atoms with Crippen LogP contribution in [0.5, 0.6) is 10.4 Å². The van der Waals surface area contributed by atoms with E-state index in [-0.39, 0.29) is 11.5 Å². The van der Waals surface area contributed by atoms with Crippen LogP contribution in [0.4, 0.5) is 0 Å². The molecule has 0 amide bonds. The number of carboxylic acids is 1. The summed E-state index contributed by atoms with van der Waals surface area (Å²) in [5, 5.41) is 9.35. The average molecular weight is 465 g/mol. The van der Waals surface area contributed by atoms with Gasteiger partial charge in [0.2, 0.25) is 0 Å². The van der Waals surface area contributed by atoms with E-state index in [0.29, 0.717) is 48.3 Å². The lowest BCUT2D eigenvalue weighted by atomic mass is 10.6. The Morgan fingerprint density at radius 3 is 1.73 bits per heavy atom. The summed E-state index contributed by atoms with van der Waals surface area (Å²) in [6.45, 7) is 2.33. The quantitative estimate of drug-likeness (QED) is 0.343. The highest BCUT2D eigenvalue weighted by molar-refractivity contribution is 7.15. The molecule has 168 valence electrons. The van der Waals surface area contributed by atoms with E-state index in [0.717, 1.165) is 22.7 Å². The first-order valence-electron chi connectivity index (χ1n) is 8.56. The molecule has 2 aromatic heterocycles. The van der Waals surface area contributed by atoms with Gasteiger partial charge in [-0.1, -0.05) is 22.7 Å². The molecule has 0 radical (unpaired) electrons. The van der Waals surface area contributed by atoms with Crippen molar-refractivity contribution in [3.8, 4) is 10.4 Å². The normalized spacial score (nSPS) is 10.1. The highest BCUT2D eigenvalue weighted by Gasteiger charge is 2.12. The van der Waals surface area contributed by atoms with Gasteiger partial charge in [-0.05, 0) is 0 Å². The lowest BCUT2D eigenvalue weighted by molar-refractivity contribution is 0.0393. The Labute approximate surface area is 181 Å². The van der Waals surface area contributed by atoms with Crippen molar-refractivity contribution in [3.05, 3.63) is 22.1 Å². The maximum absolute atomic E-state index is 11.5. The van der Waals surface area contributed by atoms with Crippen molar-refractivity contribution in [2.45, 2.75) is 0 Å². The summed E-state index contributed by atoms with van der Waals surface area (Å²) in [4.78, 5) is 30.2. The van der Waals surface area contributed by atoms with Crippen LogP contribution in [-0.2, 0) is 18.9 Å². The van der Waals surface area contributed by atoms with Crippen molar-refractivity contribution >= 4 is 34.6 Å². The fourth-order valence-electron chi connectivity index (χ4n) is 1.56. The van der Waals surface area contributed by atoms with Gasteiger partial charge in [-0.25, -0.2) is 19.6 Å². The molecule has 0 spiro atoms. The highest BCUT2D eigenvalue weighted by atomic mass is 32.1. The summed E-state index contributed by atoms with van der Waals surface area (Å²) in [6.07, 6.45) is 2.71. The molecule has 0 fully saturated rings. The number of aromatic nitrogens is 2. The minimum atomic E-state index is -0.987. The summed E-state index contributed by atoms with van der Waals surface area (Å²) in [5.41, 5.74) is 0. The number of hydrogen-bond acceptors (Lipinski definition) is 12. The van der Waals surface area contributed by atoms with Crippen LogP contribution in [0.25, 0.3) is 0 Å². The van der Waals surface area contributed by atoms with E-state index in [1.54, 1.807) is 21.3 Å². The molecular weight excluding hydrogens is 440 g/mol. The largest absolute Gasteiger partial charge is 0.477 e. The van der Waals surface area contributed by atoms with Crippen LogP contribution in [0.2, 0.25) is 0 Å². The van der Waals surface area contributed by atoms with Crippen LogP contribution >= 0.6 is 22.7 Å². The van der Waals surface area contributed by atoms with Crippen molar-refractivity contribution in [2.24, 2.45) is 0 Å². The van der Waals surface area contributed by atoms with Crippen LogP contribution in [0, 0.1) is 0 Å². The van der Waals surface area contributed by atoms with Gasteiger partial charge in [0, 0.05) is 21.3 Å². The van der Waals surface area contributed by atoms with Crippen molar-refractivity contribution in [1.29, 1.82) is 0 Å². The summed E-state index contributed by atoms with van der Waals surface area (Å²) < 4.78 is 29.6. The van der Waals surface area contributed by atoms with Crippen molar-refractivity contribution in [2.75, 3.05) is 61.0 Å². The minimum Gasteiger partial charge on any atom is -0.477 e. The molecule has 0 aliphatic rings. The Kier molecular flexibility index (Phi) is 13.3. The number of rotatable bonds is 13. The molecule has 0 bridgehead atoms. The maximum atomic E-state index is 11.5. The minimum absolute atomic E-state index is 0.174. The molecule has 0 aromatic carbocycles. The van der Waals surface area contributed by atoms with E-state index < -0.39 is 11.9 Å². The molecule has 11 nitrogen and oxygen atoms in total. The third-order valence-electron chi connectivity index (χ3n) is 2.93. The van der Waals surface area contributed by atoms with E-state index in [1.807, 2.05) is 0 Å². The Morgan fingerprint density at radius 2 is 1.27 bits per heavy atom. The third-order valence-corrected chi connectivity index (χ3v) is 4.72. The van der Waals surface area contributed by atoms with Gasteiger partial charge in [-0.2, -0.15) is 0 Å². The zero-order chi connectivity index (χ0) is 22.2. The lowest BCUT2D eigenvalue weighted by Gasteiger charge is -2.01. The van der Waals surface area contributed by atoms with Gasteiger partial charge >= 0.3 is 11.9 Å². The fourth-order valence-corrected chi connectivity index (χ4v) is 2.87. The number of esters is 1. The fraction of sp³-hybridized carbons (Fsp3) is 0.529. The van der Waals surface area contributed by atoms with Gasteiger partial charge in [0.1, 0.15) is 29.6 Å². The van der Waals surface area contributed by atoms with Gasteiger partial charge in [0.05, 0.1) is 32.2 Å².